The van der Waals surface area contributed by atoms with Gasteiger partial charge in [0.05, 0.1) is 36.1 Å². The number of ether oxygens (including phenoxy) is 3. The molecule has 192 valence electrons. The number of hydrogen-bond donors (Lipinski definition) is 1. The molecule has 9 heteroatoms. The zero-order chi connectivity index (χ0) is 26.6. The summed E-state index contributed by atoms with van der Waals surface area (Å²) < 4.78 is 17.3. The lowest BCUT2D eigenvalue weighted by Crippen LogP contribution is -2.29. The third kappa shape index (κ3) is 3.86. The monoisotopic (exact) mass is 528 g/mol. The molecule has 2 aliphatic rings. The molecule has 0 bridgehead atoms. The zero-order valence-electron chi connectivity index (χ0n) is 20.9. The second-order valence-electron chi connectivity index (χ2n) is 9.23. The molecule has 1 amide bonds. The molecule has 2 aliphatic heterocycles. The lowest BCUT2D eigenvalue weighted by atomic mass is 9.94. The van der Waals surface area contributed by atoms with Crippen molar-refractivity contribution in [3.05, 3.63) is 82.9 Å². The Hall–Kier alpha value is -4.37. The molecule has 3 aromatic carbocycles. The van der Waals surface area contributed by atoms with Crippen molar-refractivity contribution in [2.45, 2.75) is 25.5 Å². The topological polar surface area (TPSA) is 98.2 Å². The SMILES string of the molecule is COc1cccc([C@H]2C(=C(O)c3ccc4c(c3)C[C@H](C)O4)C(=O)C(=O)N2c2nc3ccc(OC)cc3s2)c1. The minimum absolute atomic E-state index is 0.00740. The molecule has 0 saturated carbocycles. The van der Waals surface area contributed by atoms with Crippen molar-refractivity contribution in [3.63, 3.8) is 0 Å². The number of aliphatic hydroxyl groups is 1. The van der Waals surface area contributed by atoms with E-state index in [0.29, 0.717) is 39.7 Å². The highest BCUT2D eigenvalue weighted by atomic mass is 32.1. The van der Waals surface area contributed by atoms with Gasteiger partial charge >= 0.3 is 5.91 Å². The Morgan fingerprint density at radius 1 is 1.05 bits per heavy atom. The van der Waals surface area contributed by atoms with Crippen molar-refractivity contribution in [1.29, 1.82) is 0 Å². The lowest BCUT2D eigenvalue weighted by molar-refractivity contribution is -0.132. The van der Waals surface area contributed by atoms with E-state index in [2.05, 4.69) is 4.98 Å². The fraction of sp³-hybridized carbons (Fsp3) is 0.207. The summed E-state index contributed by atoms with van der Waals surface area (Å²) in [6, 6.07) is 16.9. The van der Waals surface area contributed by atoms with Crippen LogP contribution in [0.5, 0.6) is 17.2 Å². The number of fused-ring (bicyclic) bond motifs is 2. The molecular weight excluding hydrogens is 504 g/mol. The highest BCUT2D eigenvalue weighted by Crippen LogP contribution is 2.45. The van der Waals surface area contributed by atoms with Crippen LogP contribution in [0.4, 0.5) is 5.13 Å². The molecule has 0 unspecified atom stereocenters. The first-order valence-corrected chi connectivity index (χ1v) is 12.9. The molecule has 1 fully saturated rings. The number of rotatable bonds is 5. The molecule has 1 N–H and O–H groups in total. The van der Waals surface area contributed by atoms with Crippen LogP contribution in [-0.4, -0.2) is 42.1 Å². The average molecular weight is 529 g/mol. The van der Waals surface area contributed by atoms with Crippen LogP contribution in [0.15, 0.2) is 66.2 Å². The number of benzene rings is 3. The van der Waals surface area contributed by atoms with E-state index in [-0.39, 0.29) is 17.4 Å². The third-order valence-corrected chi connectivity index (χ3v) is 7.83. The number of anilines is 1. The van der Waals surface area contributed by atoms with Crippen LogP contribution in [0.25, 0.3) is 16.0 Å². The second-order valence-corrected chi connectivity index (χ2v) is 10.2. The van der Waals surface area contributed by atoms with Gasteiger partial charge in [0.1, 0.15) is 29.1 Å². The van der Waals surface area contributed by atoms with Crippen LogP contribution >= 0.6 is 11.3 Å². The number of aliphatic hydroxyl groups excluding tert-OH is 1. The first-order valence-electron chi connectivity index (χ1n) is 12.1. The predicted molar refractivity (Wildman–Crippen MR) is 144 cm³/mol. The van der Waals surface area contributed by atoms with Crippen LogP contribution in [0, 0.1) is 0 Å². The van der Waals surface area contributed by atoms with Crippen molar-refractivity contribution in [2.24, 2.45) is 0 Å². The number of Topliss-reactive ketones (excluding diaryl/α,β-unsaturated/α-hetero) is 1. The van der Waals surface area contributed by atoms with Gasteiger partial charge in [-0.05, 0) is 66.6 Å². The van der Waals surface area contributed by atoms with Crippen LogP contribution in [-0.2, 0) is 16.0 Å². The Balaban J connectivity index is 1.53. The summed E-state index contributed by atoms with van der Waals surface area (Å²) in [6.45, 7) is 1.97. The van der Waals surface area contributed by atoms with Crippen molar-refractivity contribution >= 4 is 44.1 Å². The molecule has 3 heterocycles. The highest BCUT2D eigenvalue weighted by Gasteiger charge is 2.48. The van der Waals surface area contributed by atoms with Gasteiger partial charge in [-0.25, -0.2) is 4.98 Å². The number of hydrogen-bond acceptors (Lipinski definition) is 8. The third-order valence-electron chi connectivity index (χ3n) is 6.81. The van der Waals surface area contributed by atoms with E-state index >= 15 is 0 Å². The largest absolute Gasteiger partial charge is 0.507 e. The maximum absolute atomic E-state index is 13.5. The molecule has 0 radical (unpaired) electrons. The Bertz CT molecular complexity index is 1640. The Morgan fingerprint density at radius 2 is 1.84 bits per heavy atom. The van der Waals surface area contributed by atoms with Crippen molar-refractivity contribution in [3.8, 4) is 17.2 Å². The van der Waals surface area contributed by atoms with Crippen LogP contribution in [0.2, 0.25) is 0 Å². The summed E-state index contributed by atoms with van der Waals surface area (Å²) in [5.41, 5.74) is 2.66. The summed E-state index contributed by atoms with van der Waals surface area (Å²) in [4.78, 5) is 33.1. The molecule has 0 aliphatic carbocycles. The second kappa shape index (κ2) is 9.18. The average Bonchev–Trinajstić information content (AvgIpc) is 3.59. The summed E-state index contributed by atoms with van der Waals surface area (Å²) in [7, 11) is 3.13. The fourth-order valence-electron chi connectivity index (χ4n) is 5.00. The fourth-order valence-corrected chi connectivity index (χ4v) is 6.03. The molecule has 8 nitrogen and oxygen atoms in total. The maximum Gasteiger partial charge on any atom is 0.301 e. The highest BCUT2D eigenvalue weighted by molar-refractivity contribution is 7.22. The van der Waals surface area contributed by atoms with Gasteiger partial charge in [-0.1, -0.05) is 23.5 Å². The van der Waals surface area contributed by atoms with E-state index in [9.17, 15) is 14.7 Å². The summed E-state index contributed by atoms with van der Waals surface area (Å²) in [5, 5.41) is 11.9. The van der Waals surface area contributed by atoms with E-state index < -0.39 is 17.7 Å². The normalized spacial score (nSPS) is 20.0. The lowest BCUT2D eigenvalue weighted by Gasteiger charge is -2.23. The first-order chi connectivity index (χ1) is 18.4. The molecule has 1 aromatic heterocycles. The van der Waals surface area contributed by atoms with Gasteiger partial charge in [-0.2, -0.15) is 0 Å². The van der Waals surface area contributed by atoms with Gasteiger partial charge in [-0.15, -0.1) is 0 Å². The summed E-state index contributed by atoms with van der Waals surface area (Å²) in [5.74, 6) is 0.188. The smallest absolute Gasteiger partial charge is 0.301 e. The van der Waals surface area contributed by atoms with Crippen molar-refractivity contribution in [2.75, 3.05) is 19.1 Å². The predicted octanol–water partition coefficient (Wildman–Crippen LogP) is 5.26. The minimum Gasteiger partial charge on any atom is -0.507 e. The Morgan fingerprint density at radius 3 is 2.63 bits per heavy atom. The number of thiazole rings is 1. The van der Waals surface area contributed by atoms with Gasteiger partial charge in [-0.3, -0.25) is 14.5 Å². The van der Waals surface area contributed by atoms with Crippen LogP contribution in [0.1, 0.15) is 29.7 Å². The standard InChI is InChI=1S/C29H24N2O6S/c1-15-11-18-12-17(7-10-22(18)37-15)26(32)24-25(16-5-4-6-19(13-16)35-2)31(28(34)27(24)33)29-30-21-9-8-20(36-3)14-23(21)38-29/h4-10,12-15,25,32H,11H2,1-3H3/t15-,25-/m0/s1. The number of methoxy groups -OCH3 is 2. The van der Waals surface area contributed by atoms with Crippen LogP contribution in [0.3, 0.4) is 0 Å². The van der Waals surface area contributed by atoms with Crippen LogP contribution < -0.4 is 19.1 Å². The van der Waals surface area contributed by atoms with E-state index in [1.165, 1.54) is 16.2 Å². The Labute approximate surface area is 222 Å². The van der Waals surface area contributed by atoms with E-state index in [1.807, 2.05) is 19.1 Å². The van der Waals surface area contributed by atoms with Gasteiger partial charge in [0.25, 0.3) is 5.78 Å². The number of nitrogens with zero attached hydrogens (tertiary/aromatic N) is 2. The van der Waals surface area contributed by atoms with Gasteiger partial charge in [0, 0.05) is 12.0 Å². The van der Waals surface area contributed by atoms with E-state index in [1.54, 1.807) is 62.8 Å². The number of carbonyl (C=O) groups excluding carboxylic acids is 2. The zero-order valence-corrected chi connectivity index (χ0v) is 21.7. The Kier molecular flexibility index (Phi) is 5.80. The molecule has 4 aromatic rings. The number of aromatic nitrogens is 1. The molecule has 2 atom stereocenters. The van der Waals surface area contributed by atoms with E-state index in [4.69, 9.17) is 14.2 Å². The molecular formula is C29H24N2O6S. The molecule has 6 rings (SSSR count). The number of amides is 1. The summed E-state index contributed by atoms with van der Waals surface area (Å²) in [6.07, 6.45) is 0.724. The first kappa shape index (κ1) is 24.0. The van der Waals surface area contributed by atoms with Gasteiger partial charge in [0.15, 0.2) is 5.13 Å². The van der Waals surface area contributed by atoms with E-state index in [0.717, 1.165) is 16.0 Å². The van der Waals surface area contributed by atoms with Gasteiger partial charge < -0.3 is 19.3 Å². The number of ketones is 1. The quantitative estimate of drug-likeness (QED) is 0.214. The molecule has 1 saturated heterocycles. The van der Waals surface area contributed by atoms with Crippen molar-refractivity contribution in [1.82, 2.24) is 4.98 Å². The van der Waals surface area contributed by atoms with Crippen molar-refractivity contribution < 1.29 is 28.9 Å². The molecule has 38 heavy (non-hydrogen) atoms. The maximum atomic E-state index is 13.5. The summed E-state index contributed by atoms with van der Waals surface area (Å²) >= 11 is 1.27. The number of carbonyl (C=O) groups is 2. The molecule has 0 spiro atoms. The van der Waals surface area contributed by atoms with Gasteiger partial charge in [0.2, 0.25) is 0 Å². The minimum atomic E-state index is -0.906.